The minimum atomic E-state index is 0.722. The van der Waals surface area contributed by atoms with Crippen LogP contribution in [0.15, 0.2) is 18.2 Å². The van der Waals surface area contributed by atoms with E-state index in [2.05, 4.69) is 11.5 Å². The van der Waals surface area contributed by atoms with Crippen molar-refractivity contribution in [3.8, 4) is 0 Å². The Kier molecular flexibility index (Phi) is 4.90. The Morgan fingerprint density at radius 2 is 2.11 bits per heavy atom. The molecule has 0 bridgehead atoms. The van der Waals surface area contributed by atoms with Crippen LogP contribution in [-0.2, 0) is 13.0 Å². The number of nitrogens with zero attached hydrogens (tertiary/aromatic N) is 2. The summed E-state index contributed by atoms with van der Waals surface area (Å²) >= 11 is 11.8. The zero-order valence-electron chi connectivity index (χ0n) is 10.6. The number of aryl methyl sites for hydroxylation is 2. The summed E-state index contributed by atoms with van der Waals surface area (Å²) in [4.78, 5) is 4.71. The molecular formula is C14H18Cl2N2. The van der Waals surface area contributed by atoms with Gasteiger partial charge in [-0.2, -0.15) is 0 Å². The van der Waals surface area contributed by atoms with E-state index in [0.717, 1.165) is 60.0 Å². The van der Waals surface area contributed by atoms with Crippen LogP contribution in [0.4, 0.5) is 0 Å². The maximum atomic E-state index is 6.07. The van der Waals surface area contributed by atoms with E-state index in [0.29, 0.717) is 0 Å². The van der Waals surface area contributed by atoms with Gasteiger partial charge in [-0.15, -0.1) is 11.6 Å². The molecule has 0 atom stereocenters. The fraction of sp³-hybridized carbons (Fsp3) is 0.500. The predicted octanol–water partition coefficient (Wildman–Crippen LogP) is 4.66. The molecule has 0 saturated carbocycles. The van der Waals surface area contributed by atoms with Gasteiger partial charge in [0, 0.05) is 23.9 Å². The second kappa shape index (κ2) is 6.44. The van der Waals surface area contributed by atoms with Gasteiger partial charge in [-0.25, -0.2) is 4.98 Å². The van der Waals surface area contributed by atoms with Gasteiger partial charge in [-0.05, 0) is 37.5 Å². The summed E-state index contributed by atoms with van der Waals surface area (Å²) in [5.41, 5.74) is 2.18. The van der Waals surface area contributed by atoms with Gasteiger partial charge < -0.3 is 4.57 Å². The van der Waals surface area contributed by atoms with E-state index in [1.165, 1.54) is 0 Å². The van der Waals surface area contributed by atoms with Gasteiger partial charge in [0.05, 0.1) is 11.0 Å². The summed E-state index contributed by atoms with van der Waals surface area (Å²) in [5, 5.41) is 0.770. The molecule has 0 aliphatic heterocycles. The van der Waals surface area contributed by atoms with E-state index in [9.17, 15) is 0 Å². The maximum absolute atomic E-state index is 6.07. The van der Waals surface area contributed by atoms with Crippen molar-refractivity contribution >= 4 is 34.2 Å². The first-order chi connectivity index (χ1) is 8.76. The molecule has 0 amide bonds. The number of rotatable bonds is 6. The second-order valence-corrected chi connectivity index (χ2v) is 5.27. The van der Waals surface area contributed by atoms with Crippen molar-refractivity contribution in [1.29, 1.82) is 0 Å². The third-order valence-electron chi connectivity index (χ3n) is 3.02. The molecule has 2 aromatic rings. The van der Waals surface area contributed by atoms with Crippen molar-refractivity contribution in [2.75, 3.05) is 5.88 Å². The third-order valence-corrected chi connectivity index (χ3v) is 3.52. The third kappa shape index (κ3) is 2.99. The van der Waals surface area contributed by atoms with Crippen LogP contribution in [-0.4, -0.2) is 15.4 Å². The van der Waals surface area contributed by atoms with Crippen molar-refractivity contribution in [3.05, 3.63) is 29.0 Å². The topological polar surface area (TPSA) is 17.8 Å². The van der Waals surface area contributed by atoms with Crippen LogP contribution < -0.4 is 0 Å². The minimum absolute atomic E-state index is 0.722. The number of hydrogen-bond donors (Lipinski definition) is 0. The van der Waals surface area contributed by atoms with Crippen LogP contribution in [0.5, 0.6) is 0 Å². The molecule has 0 spiro atoms. The molecule has 0 unspecified atom stereocenters. The number of aromatic nitrogens is 2. The summed E-state index contributed by atoms with van der Waals surface area (Å²) in [7, 11) is 0. The minimum Gasteiger partial charge on any atom is -0.328 e. The van der Waals surface area contributed by atoms with Gasteiger partial charge in [0.2, 0.25) is 0 Å². The van der Waals surface area contributed by atoms with Crippen LogP contribution in [0.3, 0.4) is 0 Å². The number of unbranched alkanes of at least 4 members (excludes halogenated alkanes) is 1. The molecule has 18 heavy (non-hydrogen) atoms. The molecular weight excluding hydrogens is 267 g/mol. The van der Waals surface area contributed by atoms with Crippen molar-refractivity contribution < 1.29 is 0 Å². The van der Waals surface area contributed by atoms with E-state index in [4.69, 9.17) is 28.2 Å². The van der Waals surface area contributed by atoms with Crippen molar-refractivity contribution in [2.24, 2.45) is 0 Å². The smallest absolute Gasteiger partial charge is 0.109 e. The lowest BCUT2D eigenvalue weighted by Crippen LogP contribution is -2.03. The van der Waals surface area contributed by atoms with E-state index < -0.39 is 0 Å². The van der Waals surface area contributed by atoms with Gasteiger partial charge in [0.25, 0.3) is 0 Å². The molecule has 0 saturated heterocycles. The normalized spacial score (nSPS) is 11.3. The Balaban J connectivity index is 2.35. The SMILES string of the molecule is CCCn1c(CCCCCl)nc2ccc(Cl)cc21. The van der Waals surface area contributed by atoms with E-state index in [1.54, 1.807) is 0 Å². The number of imidazole rings is 1. The quantitative estimate of drug-likeness (QED) is 0.557. The molecule has 1 aromatic carbocycles. The molecule has 0 radical (unpaired) electrons. The predicted molar refractivity (Wildman–Crippen MR) is 78.7 cm³/mol. The lowest BCUT2D eigenvalue weighted by molar-refractivity contribution is 0.634. The highest BCUT2D eigenvalue weighted by Crippen LogP contribution is 2.22. The van der Waals surface area contributed by atoms with Crippen LogP contribution in [0.1, 0.15) is 32.0 Å². The number of alkyl halides is 1. The zero-order chi connectivity index (χ0) is 13.0. The Hall–Kier alpha value is -0.730. The average molecular weight is 285 g/mol. The number of halogens is 2. The van der Waals surface area contributed by atoms with E-state index >= 15 is 0 Å². The molecule has 2 rings (SSSR count). The summed E-state index contributed by atoms with van der Waals surface area (Å²) < 4.78 is 2.29. The largest absolute Gasteiger partial charge is 0.328 e. The van der Waals surface area contributed by atoms with E-state index in [1.807, 2.05) is 18.2 Å². The molecule has 98 valence electrons. The van der Waals surface area contributed by atoms with Crippen molar-refractivity contribution in [3.63, 3.8) is 0 Å². The molecule has 1 heterocycles. The van der Waals surface area contributed by atoms with Crippen molar-refractivity contribution in [2.45, 2.75) is 39.2 Å². The average Bonchev–Trinajstić information content (AvgIpc) is 2.68. The van der Waals surface area contributed by atoms with Gasteiger partial charge in [0.1, 0.15) is 5.82 Å². The first-order valence-corrected chi connectivity index (χ1v) is 7.38. The monoisotopic (exact) mass is 284 g/mol. The maximum Gasteiger partial charge on any atom is 0.109 e. The van der Waals surface area contributed by atoms with Crippen LogP contribution in [0.2, 0.25) is 5.02 Å². The molecule has 0 aliphatic carbocycles. The fourth-order valence-electron chi connectivity index (χ4n) is 2.19. The van der Waals surface area contributed by atoms with Crippen LogP contribution in [0, 0.1) is 0 Å². The van der Waals surface area contributed by atoms with Crippen LogP contribution in [0.25, 0.3) is 11.0 Å². The highest BCUT2D eigenvalue weighted by molar-refractivity contribution is 6.31. The fourth-order valence-corrected chi connectivity index (χ4v) is 2.54. The Morgan fingerprint density at radius 1 is 1.28 bits per heavy atom. The van der Waals surface area contributed by atoms with Gasteiger partial charge in [-0.3, -0.25) is 0 Å². The van der Waals surface area contributed by atoms with Gasteiger partial charge in [0.15, 0.2) is 0 Å². The number of hydrogen-bond acceptors (Lipinski definition) is 1. The van der Waals surface area contributed by atoms with Crippen LogP contribution >= 0.6 is 23.2 Å². The number of fused-ring (bicyclic) bond motifs is 1. The molecule has 2 nitrogen and oxygen atoms in total. The molecule has 0 fully saturated rings. The number of benzene rings is 1. The molecule has 4 heteroatoms. The lowest BCUT2D eigenvalue weighted by Gasteiger charge is -2.07. The lowest BCUT2D eigenvalue weighted by atomic mass is 10.2. The van der Waals surface area contributed by atoms with Gasteiger partial charge in [-0.1, -0.05) is 18.5 Å². The Morgan fingerprint density at radius 3 is 2.83 bits per heavy atom. The Bertz CT molecular complexity index is 520. The molecule has 0 aliphatic rings. The zero-order valence-corrected chi connectivity index (χ0v) is 12.1. The van der Waals surface area contributed by atoms with E-state index in [-0.39, 0.29) is 0 Å². The first kappa shape index (κ1) is 13.7. The first-order valence-electron chi connectivity index (χ1n) is 6.47. The summed E-state index contributed by atoms with van der Waals surface area (Å²) in [5.74, 6) is 1.87. The highest BCUT2D eigenvalue weighted by Gasteiger charge is 2.10. The second-order valence-electron chi connectivity index (χ2n) is 4.46. The molecule has 1 aromatic heterocycles. The summed E-state index contributed by atoms with van der Waals surface area (Å²) in [6, 6.07) is 5.90. The Labute approximate surface area is 118 Å². The summed E-state index contributed by atoms with van der Waals surface area (Å²) in [6.45, 7) is 3.17. The highest BCUT2D eigenvalue weighted by atomic mass is 35.5. The van der Waals surface area contributed by atoms with Gasteiger partial charge >= 0.3 is 0 Å². The standard InChI is InChI=1S/C14H18Cl2N2/c1-2-9-18-13-10-11(16)6-7-12(13)17-14(18)5-3-4-8-15/h6-7,10H,2-5,8-9H2,1H3. The van der Waals surface area contributed by atoms with Crippen molar-refractivity contribution in [1.82, 2.24) is 9.55 Å². The molecule has 0 N–H and O–H groups in total. The summed E-state index contributed by atoms with van der Waals surface area (Å²) in [6.07, 6.45) is 4.21.